The number of nitrogens with zero attached hydrogens (tertiary/aromatic N) is 1. The molecule has 0 amide bonds. The molecule has 1 fully saturated rings. The van der Waals surface area contributed by atoms with E-state index in [0.717, 1.165) is 12.1 Å². The lowest BCUT2D eigenvalue weighted by atomic mass is 9.97. The Hall–Kier alpha value is -0.280. The van der Waals surface area contributed by atoms with Gasteiger partial charge in [-0.25, -0.2) is 0 Å². The van der Waals surface area contributed by atoms with Crippen LogP contribution in [0.2, 0.25) is 10.0 Å². The Morgan fingerprint density at radius 2 is 1.94 bits per heavy atom. The maximum atomic E-state index is 6.31. The Bertz CT molecular complexity index is 412. The van der Waals surface area contributed by atoms with E-state index in [1.807, 2.05) is 18.2 Å². The SMILES string of the molecule is CC1(C)CCCN1C(CN)c1c(Cl)cccc1Cl. The molecular formula is C14H20Cl2N2. The van der Waals surface area contributed by atoms with Crippen LogP contribution in [0.25, 0.3) is 0 Å². The van der Waals surface area contributed by atoms with Gasteiger partial charge in [-0.15, -0.1) is 0 Å². The molecule has 0 aliphatic carbocycles. The fourth-order valence-electron chi connectivity index (χ4n) is 2.94. The molecule has 1 unspecified atom stereocenters. The molecule has 0 saturated carbocycles. The molecule has 0 bridgehead atoms. The van der Waals surface area contributed by atoms with Gasteiger partial charge < -0.3 is 5.73 Å². The summed E-state index contributed by atoms with van der Waals surface area (Å²) in [6, 6.07) is 5.74. The molecule has 1 heterocycles. The highest BCUT2D eigenvalue weighted by Gasteiger charge is 2.38. The van der Waals surface area contributed by atoms with Gasteiger partial charge in [-0.3, -0.25) is 4.90 Å². The van der Waals surface area contributed by atoms with Crippen LogP contribution in [0.1, 0.15) is 38.3 Å². The lowest BCUT2D eigenvalue weighted by Gasteiger charge is -2.38. The van der Waals surface area contributed by atoms with Crippen LogP contribution < -0.4 is 5.73 Å². The minimum Gasteiger partial charge on any atom is -0.329 e. The lowest BCUT2D eigenvalue weighted by molar-refractivity contribution is 0.119. The molecule has 4 heteroatoms. The summed E-state index contributed by atoms with van der Waals surface area (Å²) in [5, 5.41) is 1.42. The van der Waals surface area contributed by atoms with Crippen molar-refractivity contribution in [2.24, 2.45) is 5.73 Å². The number of likely N-dealkylation sites (tertiary alicyclic amines) is 1. The number of rotatable bonds is 3. The molecule has 2 rings (SSSR count). The van der Waals surface area contributed by atoms with Gasteiger partial charge in [-0.2, -0.15) is 0 Å². The molecule has 1 aromatic rings. The Morgan fingerprint density at radius 1 is 1.33 bits per heavy atom. The van der Waals surface area contributed by atoms with Gasteiger partial charge in [0.05, 0.1) is 6.04 Å². The van der Waals surface area contributed by atoms with Crippen molar-refractivity contribution in [1.82, 2.24) is 4.90 Å². The number of nitrogens with two attached hydrogens (primary N) is 1. The van der Waals surface area contributed by atoms with Gasteiger partial charge in [0.15, 0.2) is 0 Å². The fraction of sp³-hybridized carbons (Fsp3) is 0.571. The molecule has 1 aliphatic heterocycles. The molecule has 2 N–H and O–H groups in total. The maximum Gasteiger partial charge on any atom is 0.0505 e. The molecule has 18 heavy (non-hydrogen) atoms. The van der Waals surface area contributed by atoms with Gasteiger partial charge in [0.2, 0.25) is 0 Å². The summed E-state index contributed by atoms with van der Waals surface area (Å²) in [5.74, 6) is 0. The van der Waals surface area contributed by atoms with Crippen LogP contribution in [0.15, 0.2) is 18.2 Å². The zero-order valence-corrected chi connectivity index (χ0v) is 12.4. The quantitative estimate of drug-likeness (QED) is 0.914. The van der Waals surface area contributed by atoms with Crippen molar-refractivity contribution in [1.29, 1.82) is 0 Å². The van der Waals surface area contributed by atoms with Crippen molar-refractivity contribution >= 4 is 23.2 Å². The van der Waals surface area contributed by atoms with E-state index in [1.54, 1.807) is 0 Å². The highest BCUT2D eigenvalue weighted by atomic mass is 35.5. The topological polar surface area (TPSA) is 29.3 Å². The number of halogens is 2. The average molecular weight is 287 g/mol. The van der Waals surface area contributed by atoms with Crippen molar-refractivity contribution in [3.63, 3.8) is 0 Å². The van der Waals surface area contributed by atoms with Crippen molar-refractivity contribution in [3.05, 3.63) is 33.8 Å². The van der Waals surface area contributed by atoms with E-state index in [9.17, 15) is 0 Å². The van der Waals surface area contributed by atoms with Gasteiger partial charge >= 0.3 is 0 Å². The zero-order chi connectivity index (χ0) is 13.3. The normalized spacial score (nSPS) is 21.2. The second-order valence-corrected chi connectivity index (χ2v) is 6.31. The van der Waals surface area contributed by atoms with E-state index in [-0.39, 0.29) is 11.6 Å². The molecule has 1 aliphatic rings. The fourth-order valence-corrected chi connectivity index (χ4v) is 3.59. The summed E-state index contributed by atoms with van der Waals surface area (Å²) in [6.45, 7) is 6.10. The monoisotopic (exact) mass is 286 g/mol. The lowest BCUT2D eigenvalue weighted by Crippen LogP contribution is -2.43. The molecule has 2 nitrogen and oxygen atoms in total. The summed E-state index contributed by atoms with van der Waals surface area (Å²) in [7, 11) is 0. The van der Waals surface area contributed by atoms with E-state index < -0.39 is 0 Å². The zero-order valence-electron chi connectivity index (χ0n) is 10.9. The molecule has 1 aromatic carbocycles. The predicted octanol–water partition coefficient (Wildman–Crippen LogP) is 3.87. The third kappa shape index (κ3) is 2.53. The van der Waals surface area contributed by atoms with Crippen LogP contribution >= 0.6 is 23.2 Å². The number of hydrogen-bond acceptors (Lipinski definition) is 2. The van der Waals surface area contributed by atoms with Gasteiger partial charge in [-0.1, -0.05) is 29.3 Å². The Balaban J connectivity index is 2.40. The summed E-state index contributed by atoms with van der Waals surface area (Å²) in [5.41, 5.74) is 7.11. The van der Waals surface area contributed by atoms with Gasteiger partial charge in [0, 0.05) is 27.7 Å². The van der Waals surface area contributed by atoms with E-state index >= 15 is 0 Å². The van der Waals surface area contributed by atoms with Crippen LogP contribution in [-0.2, 0) is 0 Å². The van der Waals surface area contributed by atoms with Crippen LogP contribution in [0.4, 0.5) is 0 Å². The molecule has 0 spiro atoms. The smallest absolute Gasteiger partial charge is 0.0505 e. The second kappa shape index (κ2) is 5.38. The summed E-state index contributed by atoms with van der Waals surface area (Å²) >= 11 is 12.6. The van der Waals surface area contributed by atoms with E-state index in [2.05, 4.69) is 18.7 Å². The van der Waals surface area contributed by atoms with Crippen molar-refractivity contribution in [2.45, 2.75) is 38.3 Å². The molecule has 1 saturated heterocycles. The van der Waals surface area contributed by atoms with Crippen molar-refractivity contribution < 1.29 is 0 Å². The molecule has 0 radical (unpaired) electrons. The minimum absolute atomic E-state index is 0.101. The van der Waals surface area contributed by atoms with Crippen LogP contribution in [0, 0.1) is 0 Å². The predicted molar refractivity (Wildman–Crippen MR) is 78.3 cm³/mol. The highest BCUT2D eigenvalue weighted by Crippen LogP contribution is 2.40. The van der Waals surface area contributed by atoms with Gasteiger partial charge in [-0.05, 0) is 45.4 Å². The standard InChI is InChI=1S/C14H20Cl2N2/c1-14(2)7-4-8-18(14)12(9-17)13-10(15)5-3-6-11(13)16/h3,5-6,12H,4,7-9,17H2,1-2H3. The van der Waals surface area contributed by atoms with Crippen molar-refractivity contribution in [3.8, 4) is 0 Å². The maximum absolute atomic E-state index is 6.31. The second-order valence-electron chi connectivity index (χ2n) is 5.50. The van der Waals surface area contributed by atoms with E-state index in [0.29, 0.717) is 16.6 Å². The first-order valence-corrected chi connectivity index (χ1v) is 7.13. The number of hydrogen-bond donors (Lipinski definition) is 1. The van der Waals surface area contributed by atoms with Crippen LogP contribution in [0.5, 0.6) is 0 Å². The molecular weight excluding hydrogens is 267 g/mol. The molecule has 0 aromatic heterocycles. The molecule has 100 valence electrons. The van der Waals surface area contributed by atoms with Gasteiger partial charge in [0.1, 0.15) is 0 Å². The summed E-state index contributed by atoms with van der Waals surface area (Å²) < 4.78 is 0. The van der Waals surface area contributed by atoms with E-state index in [4.69, 9.17) is 28.9 Å². The summed E-state index contributed by atoms with van der Waals surface area (Å²) in [6.07, 6.45) is 2.39. The Morgan fingerprint density at radius 3 is 2.39 bits per heavy atom. The first-order chi connectivity index (χ1) is 8.47. The average Bonchev–Trinajstić information content (AvgIpc) is 2.64. The van der Waals surface area contributed by atoms with E-state index in [1.165, 1.54) is 12.8 Å². The Labute approximate surface area is 119 Å². The molecule has 1 atom stereocenters. The first-order valence-electron chi connectivity index (χ1n) is 6.38. The minimum atomic E-state index is 0.101. The van der Waals surface area contributed by atoms with Crippen LogP contribution in [-0.4, -0.2) is 23.5 Å². The number of benzene rings is 1. The first kappa shape index (κ1) is 14.1. The third-order valence-corrected chi connectivity index (χ3v) is 4.56. The van der Waals surface area contributed by atoms with Crippen molar-refractivity contribution in [2.75, 3.05) is 13.1 Å². The van der Waals surface area contributed by atoms with Crippen LogP contribution in [0.3, 0.4) is 0 Å². The van der Waals surface area contributed by atoms with Gasteiger partial charge in [0.25, 0.3) is 0 Å². The third-order valence-electron chi connectivity index (χ3n) is 3.90. The largest absolute Gasteiger partial charge is 0.329 e. The summed E-state index contributed by atoms with van der Waals surface area (Å²) in [4.78, 5) is 2.43. The highest BCUT2D eigenvalue weighted by molar-refractivity contribution is 6.36. The Kier molecular flexibility index (Phi) is 4.22.